The molecule has 0 saturated heterocycles. The molecule has 0 amide bonds. The van der Waals surface area contributed by atoms with Crippen LogP contribution in [0.5, 0.6) is 0 Å². The van der Waals surface area contributed by atoms with Gasteiger partial charge >= 0.3 is 0 Å². The number of hydrogen-bond donors (Lipinski definition) is 0. The Hall–Kier alpha value is 0. The van der Waals surface area contributed by atoms with Crippen molar-refractivity contribution in [2.75, 3.05) is 0 Å². The molecule has 0 N–H and O–H groups in total. The molecule has 0 nitrogen and oxygen atoms in total. The Balaban J connectivity index is 1.62. The molecule has 2 aliphatic rings. The van der Waals surface area contributed by atoms with Crippen LogP contribution in [-0.4, -0.2) is 0 Å². The highest BCUT2D eigenvalue weighted by Gasteiger charge is 2.30. The smallest absolute Gasteiger partial charge is 0.0386 e. The van der Waals surface area contributed by atoms with Gasteiger partial charge in [0, 0.05) is 0 Å². The van der Waals surface area contributed by atoms with Gasteiger partial charge in [-0.15, -0.1) is 0 Å². The van der Waals surface area contributed by atoms with Crippen molar-refractivity contribution in [1.82, 2.24) is 0 Å². The van der Waals surface area contributed by atoms with Crippen LogP contribution < -0.4 is 0 Å². The highest BCUT2D eigenvalue weighted by atomic mass is 14.4. The SMILES string of the molecule is CCCCC[C@H]1CC[C@H]([C@H]2CC[C@H](CCC)CC2)CC1. The topological polar surface area (TPSA) is 0 Å². The first-order chi connectivity index (χ1) is 9.83. The summed E-state index contributed by atoms with van der Waals surface area (Å²) in [5, 5.41) is 0. The summed E-state index contributed by atoms with van der Waals surface area (Å²) in [7, 11) is 0. The predicted molar refractivity (Wildman–Crippen MR) is 89.9 cm³/mol. The van der Waals surface area contributed by atoms with Gasteiger partial charge in [-0.2, -0.15) is 0 Å². The van der Waals surface area contributed by atoms with Gasteiger partial charge in [-0.25, -0.2) is 0 Å². The zero-order chi connectivity index (χ0) is 14.2. The van der Waals surface area contributed by atoms with Gasteiger partial charge in [-0.05, 0) is 49.4 Å². The molecular weight excluding hydrogens is 240 g/mol. The standard InChI is InChI=1S/C20H38/c1-3-5-6-8-18-11-15-20(16-12-18)19-13-9-17(7-4-2)10-14-19/h17-20H,3-16H2,1-2H3/t17-,18-,19-,20-. The largest absolute Gasteiger partial charge is 0.0654 e. The normalized spacial score (nSPS) is 35.1. The van der Waals surface area contributed by atoms with Crippen LogP contribution in [0.2, 0.25) is 0 Å². The molecule has 2 aliphatic carbocycles. The molecule has 0 heteroatoms. The molecule has 2 rings (SSSR count). The Morgan fingerprint density at radius 1 is 0.550 bits per heavy atom. The molecule has 0 aromatic carbocycles. The van der Waals surface area contributed by atoms with Gasteiger partial charge in [0.1, 0.15) is 0 Å². The first-order valence-corrected chi connectivity index (χ1v) is 9.83. The van der Waals surface area contributed by atoms with Crippen molar-refractivity contribution in [3.05, 3.63) is 0 Å². The third-order valence-electron chi connectivity index (χ3n) is 6.36. The van der Waals surface area contributed by atoms with E-state index in [1.807, 2.05) is 0 Å². The maximum Gasteiger partial charge on any atom is -0.0386 e. The highest BCUT2D eigenvalue weighted by molar-refractivity contribution is 4.82. The lowest BCUT2D eigenvalue weighted by molar-refractivity contribution is 0.140. The van der Waals surface area contributed by atoms with E-state index in [2.05, 4.69) is 13.8 Å². The van der Waals surface area contributed by atoms with Crippen LogP contribution in [-0.2, 0) is 0 Å². The van der Waals surface area contributed by atoms with E-state index in [-0.39, 0.29) is 0 Å². The molecule has 20 heavy (non-hydrogen) atoms. The summed E-state index contributed by atoms with van der Waals surface area (Å²) in [4.78, 5) is 0. The van der Waals surface area contributed by atoms with Crippen molar-refractivity contribution in [1.29, 1.82) is 0 Å². The van der Waals surface area contributed by atoms with Crippen molar-refractivity contribution < 1.29 is 0 Å². The maximum atomic E-state index is 2.35. The first-order valence-electron chi connectivity index (χ1n) is 9.83. The Bertz CT molecular complexity index is 228. The van der Waals surface area contributed by atoms with E-state index in [1.54, 1.807) is 51.4 Å². The van der Waals surface area contributed by atoms with Crippen LogP contribution in [0.3, 0.4) is 0 Å². The summed E-state index contributed by atoms with van der Waals surface area (Å²) in [6.45, 7) is 4.68. The molecule has 0 heterocycles. The molecule has 0 aliphatic heterocycles. The van der Waals surface area contributed by atoms with Crippen molar-refractivity contribution in [2.24, 2.45) is 23.7 Å². The van der Waals surface area contributed by atoms with Crippen LogP contribution in [0.15, 0.2) is 0 Å². The Kier molecular flexibility index (Phi) is 7.45. The Morgan fingerprint density at radius 3 is 1.50 bits per heavy atom. The molecule has 2 fully saturated rings. The minimum absolute atomic E-state index is 1.08. The van der Waals surface area contributed by atoms with E-state index in [4.69, 9.17) is 0 Å². The molecule has 0 atom stereocenters. The van der Waals surface area contributed by atoms with Gasteiger partial charge in [0.05, 0.1) is 0 Å². The Morgan fingerprint density at radius 2 is 1.05 bits per heavy atom. The summed E-state index contributed by atoms with van der Waals surface area (Å²) in [6.07, 6.45) is 21.3. The third kappa shape index (κ3) is 5.08. The summed E-state index contributed by atoms with van der Waals surface area (Å²) in [6, 6.07) is 0. The molecule has 0 unspecified atom stereocenters. The van der Waals surface area contributed by atoms with Gasteiger partial charge in [0.15, 0.2) is 0 Å². The van der Waals surface area contributed by atoms with E-state index >= 15 is 0 Å². The van der Waals surface area contributed by atoms with Gasteiger partial charge in [0.2, 0.25) is 0 Å². The van der Waals surface area contributed by atoms with Crippen molar-refractivity contribution in [3.8, 4) is 0 Å². The molecule has 2 saturated carbocycles. The predicted octanol–water partition coefficient (Wildman–Crippen LogP) is 6.98. The Labute approximate surface area is 128 Å². The number of rotatable bonds is 7. The number of hydrogen-bond acceptors (Lipinski definition) is 0. The second-order valence-corrected chi connectivity index (χ2v) is 7.85. The minimum Gasteiger partial charge on any atom is -0.0654 e. The van der Waals surface area contributed by atoms with E-state index in [0.29, 0.717) is 0 Å². The molecule has 0 spiro atoms. The molecule has 0 aromatic heterocycles. The van der Waals surface area contributed by atoms with Crippen LogP contribution >= 0.6 is 0 Å². The highest BCUT2D eigenvalue weighted by Crippen LogP contribution is 2.42. The zero-order valence-corrected chi connectivity index (χ0v) is 14.2. The number of unbranched alkanes of at least 4 members (excludes halogenated alkanes) is 2. The fourth-order valence-electron chi connectivity index (χ4n) is 4.99. The average molecular weight is 279 g/mol. The van der Waals surface area contributed by atoms with Crippen molar-refractivity contribution in [3.63, 3.8) is 0 Å². The zero-order valence-electron chi connectivity index (χ0n) is 14.2. The summed E-state index contributed by atoms with van der Waals surface area (Å²) >= 11 is 0. The van der Waals surface area contributed by atoms with Crippen LogP contribution in [0, 0.1) is 23.7 Å². The van der Waals surface area contributed by atoms with Gasteiger partial charge < -0.3 is 0 Å². The van der Waals surface area contributed by atoms with Crippen molar-refractivity contribution >= 4 is 0 Å². The fraction of sp³-hybridized carbons (Fsp3) is 1.00. The van der Waals surface area contributed by atoms with Crippen molar-refractivity contribution in [2.45, 2.75) is 104 Å². The lowest BCUT2D eigenvalue weighted by Gasteiger charge is -2.38. The molecular formula is C20H38. The van der Waals surface area contributed by atoms with E-state index in [1.165, 1.54) is 38.5 Å². The first kappa shape index (κ1) is 16.4. The third-order valence-corrected chi connectivity index (χ3v) is 6.36. The van der Waals surface area contributed by atoms with Crippen LogP contribution in [0.4, 0.5) is 0 Å². The van der Waals surface area contributed by atoms with E-state index in [9.17, 15) is 0 Å². The molecule has 118 valence electrons. The average Bonchev–Trinajstić information content (AvgIpc) is 2.49. The second-order valence-electron chi connectivity index (χ2n) is 7.85. The van der Waals surface area contributed by atoms with Gasteiger partial charge in [-0.3, -0.25) is 0 Å². The van der Waals surface area contributed by atoms with Gasteiger partial charge in [-0.1, -0.05) is 78.1 Å². The molecule has 0 radical (unpaired) electrons. The molecule has 0 aromatic rings. The summed E-state index contributed by atoms with van der Waals surface area (Å²) in [5.41, 5.74) is 0. The molecule has 0 bridgehead atoms. The van der Waals surface area contributed by atoms with Gasteiger partial charge in [0.25, 0.3) is 0 Å². The van der Waals surface area contributed by atoms with E-state index in [0.717, 1.165) is 23.7 Å². The second kappa shape index (κ2) is 9.11. The minimum atomic E-state index is 1.08. The summed E-state index contributed by atoms with van der Waals surface area (Å²) < 4.78 is 0. The lowest BCUT2D eigenvalue weighted by atomic mass is 9.68. The quantitative estimate of drug-likeness (QED) is 0.441. The van der Waals surface area contributed by atoms with E-state index < -0.39 is 0 Å². The monoisotopic (exact) mass is 278 g/mol. The fourth-order valence-corrected chi connectivity index (χ4v) is 4.99. The maximum absolute atomic E-state index is 2.35. The lowest BCUT2D eigenvalue weighted by Crippen LogP contribution is -2.25. The van der Waals surface area contributed by atoms with Crippen LogP contribution in [0.1, 0.15) is 104 Å². The van der Waals surface area contributed by atoms with Crippen LogP contribution in [0.25, 0.3) is 0 Å². The summed E-state index contributed by atoms with van der Waals surface area (Å²) in [5.74, 6) is 4.40.